The summed E-state index contributed by atoms with van der Waals surface area (Å²) in [5.41, 5.74) is -3.18. The number of nitrogens with zero attached hydrogens (tertiary/aromatic N) is 1. The second-order valence-corrected chi connectivity index (χ2v) is 6.24. The van der Waals surface area contributed by atoms with Gasteiger partial charge in [-0.15, -0.1) is 0 Å². The van der Waals surface area contributed by atoms with E-state index >= 15 is 0 Å². The third-order valence-electron chi connectivity index (χ3n) is 4.19. The standard InChI is InChI=1S/C17H14F3N3O2S/c18-17(19,20)16(25)12(14(24)10-5-2-1-3-6-10)13(22-15(26)23-16)11-7-4-8-21-9-11/h1-9,12-13,25H,(H2,22,23,26)/t12-,13+,16+/m0/s1. The topological polar surface area (TPSA) is 74.2 Å². The van der Waals surface area contributed by atoms with E-state index in [1.165, 1.54) is 48.8 Å². The highest BCUT2D eigenvalue weighted by Crippen LogP contribution is 2.43. The lowest BCUT2D eigenvalue weighted by molar-refractivity contribution is -0.285. The van der Waals surface area contributed by atoms with Crippen LogP contribution < -0.4 is 10.6 Å². The Morgan fingerprint density at radius 1 is 1.19 bits per heavy atom. The molecule has 1 aromatic heterocycles. The Bertz CT molecular complexity index is 817. The molecule has 0 spiro atoms. The molecule has 0 amide bonds. The van der Waals surface area contributed by atoms with Crippen LogP contribution >= 0.6 is 12.2 Å². The fourth-order valence-corrected chi connectivity index (χ4v) is 3.24. The number of carbonyl (C=O) groups is 1. The van der Waals surface area contributed by atoms with E-state index in [1.54, 1.807) is 6.07 Å². The summed E-state index contributed by atoms with van der Waals surface area (Å²) in [7, 11) is 0. The van der Waals surface area contributed by atoms with Gasteiger partial charge >= 0.3 is 6.18 Å². The number of carbonyl (C=O) groups excluding carboxylic acids is 1. The van der Waals surface area contributed by atoms with Crippen LogP contribution in [0.25, 0.3) is 0 Å². The van der Waals surface area contributed by atoms with Crippen LogP contribution in [0.5, 0.6) is 0 Å². The number of thiocarbonyl (C=S) groups is 1. The predicted molar refractivity (Wildman–Crippen MR) is 91.1 cm³/mol. The van der Waals surface area contributed by atoms with Crippen molar-refractivity contribution in [2.45, 2.75) is 17.9 Å². The Kier molecular flexibility index (Phi) is 4.68. The molecule has 1 aliphatic rings. The molecule has 136 valence electrons. The van der Waals surface area contributed by atoms with Crippen LogP contribution in [0.15, 0.2) is 54.9 Å². The first-order chi connectivity index (χ1) is 12.2. The van der Waals surface area contributed by atoms with Crippen molar-refractivity contribution in [3.05, 3.63) is 66.0 Å². The first-order valence-electron chi connectivity index (χ1n) is 7.61. The summed E-state index contributed by atoms with van der Waals surface area (Å²) in [6.45, 7) is 0. The molecule has 26 heavy (non-hydrogen) atoms. The summed E-state index contributed by atoms with van der Waals surface area (Å²) in [6, 6.07) is 9.33. The van der Waals surface area contributed by atoms with Crippen LogP contribution in [0.3, 0.4) is 0 Å². The summed E-state index contributed by atoms with van der Waals surface area (Å²) >= 11 is 4.84. The monoisotopic (exact) mass is 381 g/mol. The van der Waals surface area contributed by atoms with Crippen molar-refractivity contribution >= 4 is 23.1 Å². The fraction of sp³-hybridized carbons (Fsp3) is 0.235. The summed E-state index contributed by atoms with van der Waals surface area (Å²) in [6.07, 6.45) is -2.37. The number of Topliss-reactive ketones (excluding diaryl/α,β-unsaturated/α-hetero) is 1. The van der Waals surface area contributed by atoms with Crippen molar-refractivity contribution in [1.29, 1.82) is 0 Å². The van der Waals surface area contributed by atoms with E-state index in [0.29, 0.717) is 5.56 Å². The lowest BCUT2D eigenvalue weighted by Crippen LogP contribution is -2.72. The molecule has 9 heteroatoms. The van der Waals surface area contributed by atoms with Crippen LogP contribution in [-0.2, 0) is 0 Å². The van der Waals surface area contributed by atoms with Gasteiger partial charge in [-0.1, -0.05) is 36.4 Å². The molecule has 0 radical (unpaired) electrons. The summed E-state index contributed by atoms with van der Waals surface area (Å²) < 4.78 is 41.2. The normalized spacial score (nSPS) is 25.9. The molecule has 0 saturated carbocycles. The molecule has 3 N–H and O–H groups in total. The van der Waals surface area contributed by atoms with Gasteiger partial charge in [0.25, 0.3) is 0 Å². The maximum Gasteiger partial charge on any atom is 0.437 e. The quantitative estimate of drug-likeness (QED) is 0.560. The van der Waals surface area contributed by atoms with Crippen LogP contribution in [0.2, 0.25) is 0 Å². The summed E-state index contributed by atoms with van der Waals surface area (Å²) in [5, 5.41) is 14.6. The smallest absolute Gasteiger partial charge is 0.363 e. The Morgan fingerprint density at radius 2 is 1.88 bits per heavy atom. The van der Waals surface area contributed by atoms with Gasteiger partial charge in [0.2, 0.25) is 5.72 Å². The largest absolute Gasteiger partial charge is 0.437 e. The Morgan fingerprint density at radius 3 is 2.46 bits per heavy atom. The van der Waals surface area contributed by atoms with Crippen LogP contribution in [0, 0.1) is 5.92 Å². The molecule has 5 nitrogen and oxygen atoms in total. The summed E-state index contributed by atoms with van der Waals surface area (Å²) in [5.74, 6) is -2.79. The highest BCUT2D eigenvalue weighted by molar-refractivity contribution is 7.80. The minimum absolute atomic E-state index is 0.0467. The van der Waals surface area contributed by atoms with Crippen LogP contribution in [0.4, 0.5) is 13.2 Å². The second kappa shape index (κ2) is 6.65. The lowest BCUT2D eigenvalue weighted by atomic mass is 9.77. The summed E-state index contributed by atoms with van der Waals surface area (Å²) in [4.78, 5) is 16.8. The van der Waals surface area contributed by atoms with Gasteiger partial charge in [-0.05, 0) is 23.8 Å². The van der Waals surface area contributed by atoms with Gasteiger partial charge in [0.1, 0.15) is 5.92 Å². The Balaban J connectivity index is 2.15. The van der Waals surface area contributed by atoms with E-state index in [-0.39, 0.29) is 5.56 Å². The number of ketones is 1. The minimum Gasteiger partial charge on any atom is -0.363 e. The van der Waals surface area contributed by atoms with E-state index in [4.69, 9.17) is 12.2 Å². The Labute approximate surface area is 152 Å². The van der Waals surface area contributed by atoms with Crippen molar-refractivity contribution in [2.24, 2.45) is 5.92 Å². The van der Waals surface area contributed by atoms with E-state index in [2.05, 4.69) is 10.3 Å². The zero-order valence-electron chi connectivity index (χ0n) is 13.2. The number of benzene rings is 1. The number of aliphatic hydroxyl groups is 1. The van der Waals surface area contributed by atoms with E-state index in [9.17, 15) is 23.1 Å². The number of hydrogen-bond acceptors (Lipinski definition) is 4. The van der Waals surface area contributed by atoms with Crippen molar-refractivity contribution in [2.75, 3.05) is 0 Å². The van der Waals surface area contributed by atoms with Gasteiger partial charge in [-0.3, -0.25) is 9.78 Å². The fourth-order valence-electron chi connectivity index (χ4n) is 2.96. The molecule has 1 aliphatic heterocycles. The van der Waals surface area contributed by atoms with Crippen LogP contribution in [-0.4, -0.2) is 32.9 Å². The third-order valence-corrected chi connectivity index (χ3v) is 4.41. The SMILES string of the molecule is O=C(c1ccccc1)[C@@H]1[C@@H](c2cccnc2)NC(=S)N[C@]1(O)C(F)(F)F. The second-order valence-electron chi connectivity index (χ2n) is 5.83. The molecule has 3 rings (SSSR count). The first-order valence-corrected chi connectivity index (χ1v) is 8.02. The highest BCUT2D eigenvalue weighted by Gasteiger charge is 2.65. The number of nitrogens with one attached hydrogen (secondary N) is 2. The Hall–Kier alpha value is -2.52. The molecule has 2 heterocycles. The average molecular weight is 381 g/mol. The zero-order chi connectivity index (χ0) is 18.9. The van der Waals surface area contributed by atoms with Gasteiger partial charge in [0, 0.05) is 18.0 Å². The number of hydrogen-bond donors (Lipinski definition) is 3. The van der Waals surface area contributed by atoms with Gasteiger partial charge in [0.15, 0.2) is 10.9 Å². The molecule has 3 atom stereocenters. The van der Waals surface area contributed by atoms with Gasteiger partial charge in [-0.25, -0.2) is 0 Å². The van der Waals surface area contributed by atoms with Gasteiger partial charge in [0.05, 0.1) is 6.04 Å². The zero-order valence-corrected chi connectivity index (χ0v) is 14.0. The van der Waals surface area contributed by atoms with Crippen LogP contribution in [0.1, 0.15) is 22.0 Å². The number of halogens is 3. The predicted octanol–water partition coefficient (Wildman–Crippen LogP) is 2.35. The van der Waals surface area contributed by atoms with Crippen molar-refractivity contribution < 1.29 is 23.1 Å². The van der Waals surface area contributed by atoms with Gasteiger partial charge in [-0.2, -0.15) is 13.2 Å². The third kappa shape index (κ3) is 3.15. The molecular formula is C17H14F3N3O2S. The van der Waals surface area contributed by atoms with Crippen molar-refractivity contribution in [1.82, 2.24) is 15.6 Å². The molecule has 1 aromatic carbocycles. The van der Waals surface area contributed by atoms with Crippen molar-refractivity contribution in [3.8, 4) is 0 Å². The van der Waals surface area contributed by atoms with E-state index < -0.39 is 34.8 Å². The molecule has 1 fully saturated rings. The molecule has 0 bridgehead atoms. The van der Waals surface area contributed by atoms with Gasteiger partial charge < -0.3 is 15.7 Å². The van der Waals surface area contributed by atoms with E-state index in [1.807, 2.05) is 5.32 Å². The number of alkyl halides is 3. The number of aromatic nitrogens is 1. The molecule has 0 unspecified atom stereocenters. The van der Waals surface area contributed by atoms with Crippen molar-refractivity contribution in [3.63, 3.8) is 0 Å². The maximum absolute atomic E-state index is 13.7. The average Bonchev–Trinajstić information content (AvgIpc) is 2.61. The number of pyridine rings is 1. The van der Waals surface area contributed by atoms with E-state index in [0.717, 1.165) is 0 Å². The minimum atomic E-state index is -5.14. The molecular weight excluding hydrogens is 367 g/mol. The molecule has 1 saturated heterocycles. The number of rotatable bonds is 3. The maximum atomic E-state index is 13.7. The molecule has 2 aromatic rings. The molecule has 0 aliphatic carbocycles. The lowest BCUT2D eigenvalue weighted by Gasteiger charge is -2.46. The highest BCUT2D eigenvalue weighted by atomic mass is 32.1. The first kappa shape index (κ1) is 18.3.